The standard InChI is InChI=1S/C8HF17O3S.C5H5N/c9-1(10,3(13,14)5(17,18)7(21,22)23)2(11,12)4(15,16)6(19,20)8(24,25)29(26,27)28;1-2-4-6-5-3-1/h(H,26,27,28);1-5H. The van der Waals surface area contributed by atoms with Gasteiger partial charge in [-0.05, 0) is 12.1 Å². The van der Waals surface area contributed by atoms with E-state index in [4.69, 9.17) is 4.55 Å². The van der Waals surface area contributed by atoms with E-state index in [0.29, 0.717) is 0 Å². The number of rotatable bonds is 7. The molecule has 0 amide bonds. The number of hydrogen-bond acceptors (Lipinski definition) is 3. The number of alkyl halides is 17. The minimum Gasteiger partial charge on any atom is -0.281 e. The van der Waals surface area contributed by atoms with Gasteiger partial charge in [0.1, 0.15) is 0 Å². The van der Waals surface area contributed by atoms with Crippen LogP contribution in [-0.4, -0.2) is 64.9 Å². The second-order valence-electron chi connectivity index (χ2n) is 5.96. The molecule has 0 bridgehead atoms. The van der Waals surface area contributed by atoms with Gasteiger partial charge in [0.25, 0.3) is 0 Å². The van der Waals surface area contributed by atoms with E-state index in [1.165, 1.54) is 0 Å². The lowest BCUT2D eigenvalue weighted by molar-refractivity contribution is -0.458. The lowest BCUT2D eigenvalue weighted by atomic mass is 9.91. The average Bonchev–Trinajstić information content (AvgIpc) is 2.67. The van der Waals surface area contributed by atoms with E-state index < -0.39 is 57.1 Å². The first-order valence-corrected chi connectivity index (χ1v) is 8.97. The van der Waals surface area contributed by atoms with Crippen LogP contribution < -0.4 is 0 Å². The molecule has 0 aromatic carbocycles. The largest absolute Gasteiger partial charge is 0.460 e. The van der Waals surface area contributed by atoms with Crippen LogP contribution in [0, 0.1) is 0 Å². The minimum absolute atomic E-state index is 1.75. The lowest BCUT2D eigenvalue weighted by Crippen LogP contribution is -2.74. The molecular formula is C13H6F17NO3S. The highest BCUT2D eigenvalue weighted by atomic mass is 32.2. The van der Waals surface area contributed by atoms with Gasteiger partial charge in [0, 0.05) is 12.4 Å². The van der Waals surface area contributed by atoms with E-state index in [2.05, 4.69) is 4.98 Å². The number of halogens is 17. The molecular weight excluding hydrogens is 573 g/mol. The van der Waals surface area contributed by atoms with Crippen LogP contribution in [0.25, 0.3) is 0 Å². The highest BCUT2D eigenvalue weighted by Gasteiger charge is 2.96. The quantitative estimate of drug-likeness (QED) is 0.322. The summed E-state index contributed by atoms with van der Waals surface area (Å²) in [6, 6.07) is 5.72. The molecule has 4 nitrogen and oxygen atoms in total. The minimum atomic E-state index is -8.89. The summed E-state index contributed by atoms with van der Waals surface area (Å²) in [5.74, 6) is -52.0. The monoisotopic (exact) mass is 579 g/mol. The van der Waals surface area contributed by atoms with Crippen LogP contribution in [0.5, 0.6) is 0 Å². The van der Waals surface area contributed by atoms with Crippen LogP contribution >= 0.6 is 0 Å². The van der Waals surface area contributed by atoms with Gasteiger partial charge < -0.3 is 0 Å². The zero-order valence-corrected chi connectivity index (χ0v) is 16.2. The summed E-state index contributed by atoms with van der Waals surface area (Å²) in [4.78, 5) is 3.78. The zero-order chi connectivity index (χ0) is 28.7. The molecule has 0 spiro atoms. The molecule has 1 aromatic rings. The Morgan fingerprint density at radius 1 is 0.486 bits per heavy atom. The Labute approximate surface area is 181 Å². The molecule has 35 heavy (non-hydrogen) atoms. The van der Waals surface area contributed by atoms with E-state index in [0.717, 1.165) is 0 Å². The molecule has 1 heterocycles. The van der Waals surface area contributed by atoms with Gasteiger partial charge in [-0.15, -0.1) is 0 Å². The van der Waals surface area contributed by atoms with Crippen molar-refractivity contribution in [1.29, 1.82) is 0 Å². The van der Waals surface area contributed by atoms with Crippen molar-refractivity contribution in [3.63, 3.8) is 0 Å². The Kier molecular flexibility index (Phi) is 8.52. The summed E-state index contributed by atoms with van der Waals surface area (Å²) in [7, 11) is -7.89. The molecule has 22 heteroatoms. The van der Waals surface area contributed by atoms with E-state index in [1.54, 1.807) is 12.4 Å². The molecule has 0 aliphatic carbocycles. The molecule has 0 atom stereocenters. The van der Waals surface area contributed by atoms with Gasteiger partial charge in [-0.3, -0.25) is 9.54 Å². The van der Waals surface area contributed by atoms with Crippen LogP contribution in [0.2, 0.25) is 0 Å². The van der Waals surface area contributed by atoms with Gasteiger partial charge in [0.2, 0.25) is 0 Å². The van der Waals surface area contributed by atoms with E-state index in [9.17, 15) is 83.1 Å². The lowest BCUT2D eigenvalue weighted by Gasteiger charge is -2.42. The maximum absolute atomic E-state index is 13.0. The topological polar surface area (TPSA) is 67.3 Å². The second kappa shape index (κ2) is 9.07. The number of hydrogen-bond donors (Lipinski definition) is 1. The summed E-state index contributed by atoms with van der Waals surface area (Å²) in [6.07, 6.45) is -4.38. The predicted molar refractivity (Wildman–Crippen MR) is 76.5 cm³/mol. The van der Waals surface area contributed by atoms with Crippen molar-refractivity contribution in [3.8, 4) is 0 Å². The van der Waals surface area contributed by atoms with E-state index in [1.807, 2.05) is 18.2 Å². The van der Waals surface area contributed by atoms with Gasteiger partial charge in [-0.25, -0.2) is 0 Å². The maximum atomic E-state index is 13.0. The Bertz CT molecular complexity index is 932. The third-order valence-corrected chi connectivity index (χ3v) is 4.49. The SMILES string of the molecule is O=S(=O)(O)C(F)(F)C(F)(F)C(F)(F)C(F)(F)C(F)(F)C(F)(F)C(F)(F)C(F)(F)F.c1ccncc1. The number of pyridine rings is 1. The molecule has 0 fully saturated rings. The van der Waals surface area contributed by atoms with Crippen LogP contribution in [0.1, 0.15) is 0 Å². The van der Waals surface area contributed by atoms with Crippen LogP contribution in [-0.2, 0) is 10.1 Å². The summed E-state index contributed by atoms with van der Waals surface area (Å²) >= 11 is 0. The van der Waals surface area contributed by atoms with E-state index in [-0.39, 0.29) is 0 Å². The van der Waals surface area contributed by atoms with Crippen LogP contribution in [0.3, 0.4) is 0 Å². The van der Waals surface area contributed by atoms with Crippen molar-refractivity contribution in [2.24, 2.45) is 0 Å². The maximum Gasteiger partial charge on any atom is 0.460 e. The average molecular weight is 579 g/mol. The summed E-state index contributed by atoms with van der Waals surface area (Å²) < 4.78 is 242. The normalized spacial score (nSPS) is 15.4. The summed E-state index contributed by atoms with van der Waals surface area (Å²) in [5.41, 5.74) is 0. The Hall–Kier alpha value is -2.13. The van der Waals surface area contributed by atoms with Gasteiger partial charge >= 0.3 is 57.1 Å². The fraction of sp³-hybridized carbons (Fsp3) is 0.615. The highest BCUT2D eigenvalue weighted by Crippen LogP contribution is 2.64. The first-order valence-electron chi connectivity index (χ1n) is 7.53. The highest BCUT2D eigenvalue weighted by molar-refractivity contribution is 7.87. The van der Waals surface area contributed by atoms with Gasteiger partial charge in [-0.2, -0.15) is 83.1 Å². The first kappa shape index (κ1) is 32.9. The number of aromatic nitrogens is 1. The molecule has 0 radical (unpaired) electrons. The van der Waals surface area contributed by atoms with E-state index >= 15 is 0 Å². The fourth-order valence-electron chi connectivity index (χ4n) is 1.62. The molecule has 1 aromatic heterocycles. The molecule has 206 valence electrons. The fourth-order valence-corrected chi connectivity index (χ4v) is 2.08. The molecule has 1 rings (SSSR count). The van der Waals surface area contributed by atoms with Gasteiger partial charge in [0.05, 0.1) is 0 Å². The predicted octanol–water partition coefficient (Wildman–Crippen LogP) is 5.92. The smallest absolute Gasteiger partial charge is 0.281 e. The second-order valence-corrected chi connectivity index (χ2v) is 7.42. The molecule has 0 aliphatic heterocycles. The number of nitrogens with zero attached hydrogens (tertiary/aromatic N) is 1. The Morgan fingerprint density at radius 2 is 0.771 bits per heavy atom. The van der Waals surface area contributed by atoms with Gasteiger partial charge in [-0.1, -0.05) is 6.07 Å². The third-order valence-electron chi connectivity index (χ3n) is 3.58. The molecule has 0 saturated heterocycles. The van der Waals surface area contributed by atoms with Crippen molar-refractivity contribution in [2.75, 3.05) is 0 Å². The van der Waals surface area contributed by atoms with Crippen LogP contribution in [0.15, 0.2) is 30.6 Å². The van der Waals surface area contributed by atoms with Gasteiger partial charge in [0.15, 0.2) is 0 Å². The summed E-state index contributed by atoms with van der Waals surface area (Å²) in [6.45, 7) is 0. The van der Waals surface area contributed by atoms with Crippen molar-refractivity contribution < 1.29 is 87.6 Å². The molecule has 0 saturated carbocycles. The zero-order valence-electron chi connectivity index (χ0n) is 15.4. The molecule has 1 N–H and O–H groups in total. The third kappa shape index (κ3) is 4.94. The first-order chi connectivity index (χ1) is 15.0. The summed E-state index contributed by atoms with van der Waals surface area (Å²) in [5, 5.41) is -7.84. The molecule has 0 aliphatic rings. The van der Waals surface area contributed by atoms with Crippen molar-refractivity contribution in [1.82, 2.24) is 4.98 Å². The van der Waals surface area contributed by atoms with Crippen LogP contribution in [0.4, 0.5) is 74.6 Å². The van der Waals surface area contributed by atoms with Crippen molar-refractivity contribution >= 4 is 10.1 Å². The van der Waals surface area contributed by atoms with Crippen molar-refractivity contribution in [3.05, 3.63) is 30.6 Å². The Balaban J connectivity index is 0.00000166. The van der Waals surface area contributed by atoms with Crippen molar-refractivity contribution in [2.45, 2.75) is 47.0 Å². The Morgan fingerprint density at radius 3 is 0.971 bits per heavy atom. The molecule has 0 unspecified atom stereocenters.